The van der Waals surface area contributed by atoms with Crippen molar-refractivity contribution >= 4 is 0 Å². The van der Waals surface area contributed by atoms with Crippen molar-refractivity contribution in [2.75, 3.05) is 26.7 Å². The molecule has 0 bridgehead atoms. The Labute approximate surface area is 120 Å². The van der Waals surface area contributed by atoms with Gasteiger partial charge in [-0.1, -0.05) is 37.3 Å². The van der Waals surface area contributed by atoms with E-state index in [1.54, 1.807) is 11.9 Å². The maximum Gasteiger partial charge on any atom is 0.251 e. The Morgan fingerprint density at radius 3 is 2.50 bits per heavy atom. The SMILES string of the molecule is CN(CC(F)F)CC(C)(CNC1CC1)c1ccccc1. The number of halogens is 2. The Morgan fingerprint density at radius 1 is 1.30 bits per heavy atom. The summed E-state index contributed by atoms with van der Waals surface area (Å²) in [5, 5.41) is 3.54. The quantitative estimate of drug-likeness (QED) is 0.788. The van der Waals surface area contributed by atoms with Gasteiger partial charge < -0.3 is 5.32 Å². The van der Waals surface area contributed by atoms with E-state index in [1.807, 2.05) is 18.2 Å². The van der Waals surface area contributed by atoms with Gasteiger partial charge in [-0.25, -0.2) is 8.78 Å². The molecule has 1 aliphatic carbocycles. The van der Waals surface area contributed by atoms with Gasteiger partial charge in [-0.3, -0.25) is 4.90 Å². The molecule has 4 heteroatoms. The molecule has 1 fully saturated rings. The highest BCUT2D eigenvalue weighted by molar-refractivity contribution is 5.25. The lowest BCUT2D eigenvalue weighted by Gasteiger charge is -2.35. The first-order valence-corrected chi connectivity index (χ1v) is 7.25. The van der Waals surface area contributed by atoms with E-state index >= 15 is 0 Å². The molecule has 1 saturated carbocycles. The Morgan fingerprint density at radius 2 is 1.95 bits per heavy atom. The van der Waals surface area contributed by atoms with E-state index in [1.165, 1.54) is 18.4 Å². The van der Waals surface area contributed by atoms with Crippen LogP contribution in [-0.2, 0) is 5.41 Å². The average molecular weight is 282 g/mol. The summed E-state index contributed by atoms with van der Waals surface area (Å²) in [6.07, 6.45) is 0.187. The Kier molecular flexibility index (Phi) is 5.11. The van der Waals surface area contributed by atoms with Crippen molar-refractivity contribution in [2.45, 2.75) is 37.6 Å². The Balaban J connectivity index is 2.05. The smallest absolute Gasteiger partial charge is 0.251 e. The van der Waals surface area contributed by atoms with Crippen LogP contribution in [0.4, 0.5) is 8.78 Å². The van der Waals surface area contributed by atoms with Crippen LogP contribution in [0.15, 0.2) is 30.3 Å². The van der Waals surface area contributed by atoms with Crippen molar-refractivity contribution in [1.29, 1.82) is 0 Å². The standard InChI is InChI=1S/C16H24F2N2/c1-16(11-19-14-8-9-14,12-20(2)10-15(17)18)13-6-4-3-5-7-13/h3-7,14-15,19H,8-12H2,1-2H3. The molecule has 0 heterocycles. The zero-order valence-corrected chi connectivity index (χ0v) is 12.3. The summed E-state index contributed by atoms with van der Waals surface area (Å²) in [5.41, 5.74) is 1.06. The van der Waals surface area contributed by atoms with Crippen LogP contribution in [-0.4, -0.2) is 44.0 Å². The third kappa shape index (κ3) is 4.53. The van der Waals surface area contributed by atoms with Gasteiger partial charge in [0.05, 0.1) is 6.54 Å². The summed E-state index contributed by atoms with van der Waals surface area (Å²) in [5.74, 6) is 0. The highest BCUT2D eigenvalue weighted by Gasteiger charge is 2.31. The maximum atomic E-state index is 12.5. The van der Waals surface area contributed by atoms with Gasteiger partial charge in [-0.05, 0) is 25.5 Å². The van der Waals surface area contributed by atoms with Gasteiger partial charge in [0.1, 0.15) is 0 Å². The molecule has 2 rings (SSSR count). The van der Waals surface area contributed by atoms with Crippen LogP contribution in [0.3, 0.4) is 0 Å². The number of hydrogen-bond donors (Lipinski definition) is 1. The van der Waals surface area contributed by atoms with E-state index in [4.69, 9.17) is 0 Å². The summed E-state index contributed by atoms with van der Waals surface area (Å²) < 4.78 is 25.1. The predicted molar refractivity (Wildman–Crippen MR) is 78.3 cm³/mol. The molecule has 1 atom stereocenters. The number of benzene rings is 1. The van der Waals surface area contributed by atoms with Crippen molar-refractivity contribution < 1.29 is 8.78 Å². The number of nitrogens with zero attached hydrogens (tertiary/aromatic N) is 1. The summed E-state index contributed by atoms with van der Waals surface area (Å²) in [7, 11) is 1.77. The number of likely N-dealkylation sites (N-methyl/N-ethyl adjacent to an activating group) is 1. The molecule has 0 aromatic heterocycles. The number of hydrogen-bond acceptors (Lipinski definition) is 2. The lowest BCUT2D eigenvalue weighted by Crippen LogP contribution is -2.45. The van der Waals surface area contributed by atoms with Crippen LogP contribution in [0, 0.1) is 0 Å². The van der Waals surface area contributed by atoms with Crippen molar-refractivity contribution in [2.24, 2.45) is 0 Å². The Bertz CT molecular complexity index is 406. The first-order valence-electron chi connectivity index (χ1n) is 7.25. The number of rotatable bonds is 8. The van der Waals surface area contributed by atoms with Crippen molar-refractivity contribution in [3.8, 4) is 0 Å². The molecule has 0 spiro atoms. The van der Waals surface area contributed by atoms with Gasteiger partial charge in [0.25, 0.3) is 6.43 Å². The van der Waals surface area contributed by atoms with E-state index in [-0.39, 0.29) is 12.0 Å². The van der Waals surface area contributed by atoms with E-state index in [0.717, 1.165) is 6.54 Å². The summed E-state index contributed by atoms with van der Waals surface area (Å²) >= 11 is 0. The van der Waals surface area contributed by atoms with Gasteiger partial charge in [0.2, 0.25) is 0 Å². The second-order valence-corrected chi connectivity index (χ2v) is 6.17. The average Bonchev–Trinajstić information content (AvgIpc) is 3.20. The molecular weight excluding hydrogens is 258 g/mol. The third-order valence-corrected chi connectivity index (χ3v) is 3.90. The van der Waals surface area contributed by atoms with Gasteiger partial charge in [0.15, 0.2) is 0 Å². The fourth-order valence-electron chi connectivity index (χ4n) is 2.64. The second kappa shape index (κ2) is 6.64. The molecule has 0 saturated heterocycles. The third-order valence-electron chi connectivity index (χ3n) is 3.90. The van der Waals surface area contributed by atoms with Gasteiger partial charge in [0, 0.05) is 24.5 Å². The van der Waals surface area contributed by atoms with Crippen LogP contribution in [0.2, 0.25) is 0 Å². The van der Waals surface area contributed by atoms with Crippen LogP contribution in [0.1, 0.15) is 25.3 Å². The highest BCUT2D eigenvalue weighted by atomic mass is 19.3. The molecule has 1 aromatic rings. The van der Waals surface area contributed by atoms with E-state index in [2.05, 4.69) is 24.4 Å². The second-order valence-electron chi connectivity index (χ2n) is 6.17. The monoisotopic (exact) mass is 282 g/mol. The van der Waals surface area contributed by atoms with Gasteiger partial charge in [-0.2, -0.15) is 0 Å². The normalized spacial score (nSPS) is 18.5. The summed E-state index contributed by atoms with van der Waals surface area (Å²) in [4.78, 5) is 1.73. The van der Waals surface area contributed by atoms with Crippen LogP contribution < -0.4 is 5.32 Å². The minimum absolute atomic E-state index is 0.145. The fourth-order valence-corrected chi connectivity index (χ4v) is 2.64. The zero-order valence-electron chi connectivity index (χ0n) is 12.3. The number of alkyl halides is 2. The van der Waals surface area contributed by atoms with Crippen LogP contribution in [0.25, 0.3) is 0 Å². The number of nitrogens with one attached hydrogen (secondary N) is 1. The zero-order chi connectivity index (χ0) is 14.6. The molecule has 112 valence electrons. The van der Waals surface area contributed by atoms with Crippen LogP contribution >= 0.6 is 0 Å². The van der Waals surface area contributed by atoms with Gasteiger partial charge in [-0.15, -0.1) is 0 Å². The van der Waals surface area contributed by atoms with Crippen molar-refractivity contribution in [3.63, 3.8) is 0 Å². The van der Waals surface area contributed by atoms with Crippen molar-refractivity contribution in [3.05, 3.63) is 35.9 Å². The van der Waals surface area contributed by atoms with E-state index in [0.29, 0.717) is 12.6 Å². The predicted octanol–water partition coefficient (Wildman–Crippen LogP) is 2.89. The van der Waals surface area contributed by atoms with E-state index in [9.17, 15) is 8.78 Å². The molecule has 2 nitrogen and oxygen atoms in total. The first-order chi connectivity index (χ1) is 9.49. The first kappa shape index (κ1) is 15.4. The highest BCUT2D eigenvalue weighted by Crippen LogP contribution is 2.27. The van der Waals surface area contributed by atoms with E-state index < -0.39 is 6.43 Å². The van der Waals surface area contributed by atoms with Gasteiger partial charge >= 0.3 is 0 Å². The van der Waals surface area contributed by atoms with Crippen LogP contribution in [0.5, 0.6) is 0 Å². The van der Waals surface area contributed by atoms with Crippen molar-refractivity contribution in [1.82, 2.24) is 10.2 Å². The Hall–Kier alpha value is -1.00. The minimum Gasteiger partial charge on any atom is -0.313 e. The molecule has 1 N–H and O–H groups in total. The molecule has 1 unspecified atom stereocenters. The summed E-state index contributed by atoms with van der Waals surface area (Å²) in [6, 6.07) is 10.8. The molecule has 20 heavy (non-hydrogen) atoms. The topological polar surface area (TPSA) is 15.3 Å². The lowest BCUT2D eigenvalue weighted by molar-refractivity contribution is 0.0901. The molecule has 0 aliphatic heterocycles. The maximum absolute atomic E-state index is 12.5. The minimum atomic E-state index is -2.28. The summed E-state index contributed by atoms with van der Waals surface area (Å²) in [6.45, 7) is 3.43. The lowest BCUT2D eigenvalue weighted by atomic mass is 9.81. The molecule has 1 aromatic carbocycles. The molecular formula is C16H24F2N2. The molecule has 0 amide bonds. The largest absolute Gasteiger partial charge is 0.313 e. The molecule has 0 radical (unpaired) electrons. The molecule has 1 aliphatic rings. The fraction of sp³-hybridized carbons (Fsp3) is 0.625.